The van der Waals surface area contributed by atoms with Crippen molar-refractivity contribution in [3.63, 3.8) is 0 Å². The molecular weight excluding hydrogens is 384 g/mol. The molecule has 3 rings (SSSR count). The van der Waals surface area contributed by atoms with Gasteiger partial charge in [0.25, 0.3) is 5.56 Å². The van der Waals surface area contributed by atoms with Crippen molar-refractivity contribution in [1.82, 2.24) is 14.8 Å². The topological polar surface area (TPSA) is 76.9 Å². The first-order chi connectivity index (χ1) is 12.0. The fourth-order valence-corrected chi connectivity index (χ4v) is 2.53. The van der Waals surface area contributed by atoms with Gasteiger partial charge in [0.2, 0.25) is 5.91 Å². The lowest BCUT2D eigenvalue weighted by Crippen LogP contribution is -2.29. The molecule has 0 fully saturated rings. The first kappa shape index (κ1) is 17.0. The van der Waals surface area contributed by atoms with Crippen molar-refractivity contribution in [2.45, 2.75) is 13.5 Å². The summed E-state index contributed by atoms with van der Waals surface area (Å²) in [6.07, 6.45) is 0. The largest absolute Gasteiger partial charge is 0.309 e. The van der Waals surface area contributed by atoms with Gasteiger partial charge < -0.3 is 5.32 Å². The second-order valence-electron chi connectivity index (χ2n) is 5.43. The fourth-order valence-electron chi connectivity index (χ4n) is 2.27. The maximum Gasteiger partial charge on any atom is 0.267 e. The number of rotatable bonds is 4. The third-order valence-electron chi connectivity index (χ3n) is 3.46. The van der Waals surface area contributed by atoms with Crippen molar-refractivity contribution >= 4 is 27.7 Å². The van der Waals surface area contributed by atoms with Gasteiger partial charge in [-0.05, 0) is 37.3 Å². The number of hydrogen-bond acceptors (Lipinski definition) is 4. The lowest BCUT2D eigenvalue weighted by atomic mass is 10.1. The lowest BCUT2D eigenvalue weighted by Gasteiger charge is -2.08. The number of anilines is 1. The van der Waals surface area contributed by atoms with E-state index >= 15 is 0 Å². The zero-order chi connectivity index (χ0) is 17.8. The molecule has 6 nitrogen and oxygen atoms in total. The van der Waals surface area contributed by atoms with Gasteiger partial charge in [-0.3, -0.25) is 9.59 Å². The summed E-state index contributed by atoms with van der Waals surface area (Å²) in [6, 6.07) is 15.9. The summed E-state index contributed by atoms with van der Waals surface area (Å²) in [5.74, 6) is 0.0859. The Balaban J connectivity index is 1.80. The van der Waals surface area contributed by atoms with Gasteiger partial charge in [0.05, 0.1) is 5.69 Å². The zero-order valence-corrected chi connectivity index (χ0v) is 15.0. The van der Waals surface area contributed by atoms with Crippen LogP contribution in [0.15, 0.2) is 63.9 Å². The molecule has 0 saturated carbocycles. The van der Waals surface area contributed by atoms with E-state index in [0.29, 0.717) is 11.5 Å². The van der Waals surface area contributed by atoms with Crippen LogP contribution in [-0.2, 0) is 11.3 Å². The van der Waals surface area contributed by atoms with E-state index in [1.165, 1.54) is 6.07 Å². The molecule has 2 heterocycles. The van der Waals surface area contributed by atoms with Crippen LogP contribution in [0.1, 0.15) is 5.69 Å². The molecule has 0 spiro atoms. The summed E-state index contributed by atoms with van der Waals surface area (Å²) < 4.78 is 2.09. The van der Waals surface area contributed by atoms with Crippen molar-refractivity contribution in [2.75, 3.05) is 5.32 Å². The number of pyridine rings is 1. The number of benzene rings is 1. The molecule has 25 heavy (non-hydrogen) atoms. The predicted octanol–water partition coefficient (Wildman–Crippen LogP) is 3.01. The molecule has 1 N–H and O–H groups in total. The van der Waals surface area contributed by atoms with E-state index in [1.54, 1.807) is 18.2 Å². The van der Waals surface area contributed by atoms with Crippen LogP contribution in [0.25, 0.3) is 11.3 Å². The molecular formula is C18H15BrN4O2. The van der Waals surface area contributed by atoms with Crippen LogP contribution < -0.4 is 10.9 Å². The highest BCUT2D eigenvalue weighted by molar-refractivity contribution is 9.10. The van der Waals surface area contributed by atoms with E-state index in [2.05, 4.69) is 31.3 Å². The Morgan fingerprint density at radius 3 is 2.60 bits per heavy atom. The van der Waals surface area contributed by atoms with E-state index in [-0.39, 0.29) is 18.0 Å². The third-order valence-corrected chi connectivity index (χ3v) is 3.98. The average molecular weight is 399 g/mol. The van der Waals surface area contributed by atoms with Crippen molar-refractivity contribution < 1.29 is 4.79 Å². The molecule has 1 aromatic carbocycles. The first-order valence-corrected chi connectivity index (χ1v) is 8.38. The molecule has 7 heteroatoms. The highest BCUT2D eigenvalue weighted by Crippen LogP contribution is 2.18. The second-order valence-corrected chi connectivity index (χ2v) is 6.35. The van der Waals surface area contributed by atoms with Crippen LogP contribution in [0.3, 0.4) is 0 Å². The molecule has 0 bridgehead atoms. The maximum atomic E-state index is 12.2. The Bertz CT molecular complexity index is 967. The first-order valence-electron chi connectivity index (χ1n) is 7.59. The molecule has 0 aliphatic carbocycles. The monoisotopic (exact) mass is 398 g/mol. The van der Waals surface area contributed by atoms with Crippen molar-refractivity contribution in [1.29, 1.82) is 0 Å². The molecule has 0 radical (unpaired) electrons. The third kappa shape index (κ3) is 4.39. The average Bonchev–Trinajstić information content (AvgIpc) is 2.57. The van der Waals surface area contributed by atoms with E-state index in [9.17, 15) is 9.59 Å². The Hall–Kier alpha value is -2.80. The molecule has 0 saturated heterocycles. The van der Waals surface area contributed by atoms with Crippen molar-refractivity contribution in [3.05, 3.63) is 75.1 Å². The Kier molecular flexibility index (Phi) is 5.04. The number of hydrogen-bond donors (Lipinski definition) is 1. The highest BCUT2D eigenvalue weighted by atomic mass is 79.9. The summed E-state index contributed by atoms with van der Waals surface area (Å²) in [5.41, 5.74) is 1.94. The summed E-state index contributed by atoms with van der Waals surface area (Å²) in [7, 11) is 0. The smallest absolute Gasteiger partial charge is 0.267 e. The Morgan fingerprint density at radius 1 is 1.12 bits per heavy atom. The van der Waals surface area contributed by atoms with Gasteiger partial charge in [-0.2, -0.15) is 5.10 Å². The fraction of sp³-hybridized carbons (Fsp3) is 0.111. The number of amides is 1. The maximum absolute atomic E-state index is 12.2. The molecule has 3 aromatic rings. The zero-order valence-electron chi connectivity index (χ0n) is 13.4. The second kappa shape index (κ2) is 7.40. The number of halogens is 1. The minimum atomic E-state index is -0.361. The van der Waals surface area contributed by atoms with E-state index in [0.717, 1.165) is 20.4 Å². The SMILES string of the molecule is Cc1cccc(NC(=O)Cn2nc(-c3ccc(Br)cc3)ccc2=O)n1. The van der Waals surface area contributed by atoms with Gasteiger partial charge in [0, 0.05) is 21.8 Å². The van der Waals surface area contributed by atoms with Gasteiger partial charge in [-0.1, -0.05) is 34.1 Å². The number of aryl methyl sites for hydroxylation is 1. The van der Waals surface area contributed by atoms with Gasteiger partial charge >= 0.3 is 0 Å². The number of aromatic nitrogens is 3. The molecule has 126 valence electrons. The van der Waals surface area contributed by atoms with Crippen molar-refractivity contribution in [3.8, 4) is 11.3 Å². The van der Waals surface area contributed by atoms with Gasteiger partial charge in [-0.25, -0.2) is 9.67 Å². The summed E-state index contributed by atoms with van der Waals surface area (Å²) in [5, 5.41) is 6.95. The van der Waals surface area contributed by atoms with E-state index < -0.39 is 0 Å². The predicted molar refractivity (Wildman–Crippen MR) is 99.2 cm³/mol. The van der Waals surface area contributed by atoms with Crippen LogP contribution in [0.2, 0.25) is 0 Å². The molecule has 1 amide bonds. The molecule has 0 aliphatic heterocycles. The minimum Gasteiger partial charge on any atom is -0.309 e. The van der Waals surface area contributed by atoms with Crippen molar-refractivity contribution in [2.24, 2.45) is 0 Å². The molecule has 0 unspecified atom stereocenters. The summed E-state index contributed by atoms with van der Waals surface area (Å²) in [4.78, 5) is 28.4. The Labute approximate surface area is 152 Å². The highest BCUT2D eigenvalue weighted by Gasteiger charge is 2.09. The Morgan fingerprint density at radius 2 is 1.88 bits per heavy atom. The quantitative estimate of drug-likeness (QED) is 0.732. The minimum absolute atomic E-state index is 0.182. The van der Waals surface area contributed by atoms with E-state index in [4.69, 9.17) is 0 Å². The van der Waals surface area contributed by atoms with Crippen LogP contribution in [0.5, 0.6) is 0 Å². The number of carbonyl (C=O) groups excluding carboxylic acids is 1. The van der Waals surface area contributed by atoms with Gasteiger partial charge in [-0.15, -0.1) is 0 Å². The van der Waals surface area contributed by atoms with Crippen LogP contribution in [-0.4, -0.2) is 20.7 Å². The van der Waals surface area contributed by atoms with E-state index in [1.807, 2.05) is 37.3 Å². The van der Waals surface area contributed by atoms with Gasteiger partial charge in [0.15, 0.2) is 0 Å². The summed E-state index contributed by atoms with van der Waals surface area (Å²) in [6.45, 7) is 1.65. The van der Waals surface area contributed by atoms with Crippen LogP contribution in [0, 0.1) is 6.92 Å². The lowest BCUT2D eigenvalue weighted by molar-refractivity contribution is -0.117. The standard InChI is InChI=1S/C18H15BrN4O2/c1-12-3-2-4-16(20-12)21-17(24)11-23-18(25)10-9-15(22-23)13-5-7-14(19)8-6-13/h2-10H,11H2,1H3,(H,20,21,24). The number of nitrogens with one attached hydrogen (secondary N) is 1. The molecule has 0 aliphatic rings. The normalized spacial score (nSPS) is 10.5. The number of carbonyl (C=O) groups is 1. The van der Waals surface area contributed by atoms with Crippen LogP contribution >= 0.6 is 15.9 Å². The van der Waals surface area contributed by atoms with Crippen LogP contribution in [0.4, 0.5) is 5.82 Å². The number of nitrogens with zero attached hydrogens (tertiary/aromatic N) is 3. The molecule has 2 aromatic heterocycles. The summed E-state index contributed by atoms with van der Waals surface area (Å²) >= 11 is 3.38. The van der Waals surface area contributed by atoms with Gasteiger partial charge in [0.1, 0.15) is 12.4 Å². The molecule has 0 atom stereocenters.